The normalized spacial score (nSPS) is 13.2. The van der Waals surface area contributed by atoms with Gasteiger partial charge in [0.25, 0.3) is 0 Å². The third kappa shape index (κ3) is 7.39. The molecule has 0 spiro atoms. The largest absolute Gasteiger partial charge is 0.501 e. The van der Waals surface area contributed by atoms with Crippen molar-refractivity contribution in [3.05, 3.63) is 186 Å². The molecule has 0 atom stereocenters. The third-order valence-electron chi connectivity index (χ3n) is 11.6. The number of fused-ring (bicyclic) bond motifs is 7. The molecule has 315 valence electrons. The Hall–Kier alpha value is -7.10. The van der Waals surface area contributed by atoms with E-state index in [2.05, 4.69) is 75.1 Å². The van der Waals surface area contributed by atoms with Gasteiger partial charge in [0.15, 0.2) is 0 Å². The average Bonchev–Trinajstić information content (AvgIpc) is 4.03. The first-order valence-electron chi connectivity index (χ1n) is 23.9. The molecule has 11 aromatic rings. The van der Waals surface area contributed by atoms with Gasteiger partial charge in [0, 0.05) is 56.4 Å². The fourth-order valence-corrected chi connectivity index (χ4v) is 8.53. The number of aromatic nitrogens is 3. The molecule has 11 rings (SSSR count). The number of furan rings is 2. The van der Waals surface area contributed by atoms with Crippen LogP contribution in [-0.4, -0.2) is 14.5 Å². The van der Waals surface area contributed by atoms with E-state index in [1.807, 2.05) is 77.4 Å². The molecule has 64 heavy (non-hydrogen) atoms. The second-order valence-corrected chi connectivity index (χ2v) is 16.3. The van der Waals surface area contributed by atoms with Crippen LogP contribution in [0.4, 0.5) is 0 Å². The van der Waals surface area contributed by atoms with E-state index in [9.17, 15) is 5.26 Å². The molecule has 0 saturated carbocycles. The summed E-state index contributed by atoms with van der Waals surface area (Å²) in [6, 6.07) is 52.2. The summed E-state index contributed by atoms with van der Waals surface area (Å²) in [7, 11) is 0. The summed E-state index contributed by atoms with van der Waals surface area (Å²) >= 11 is 0. The summed E-state index contributed by atoms with van der Waals surface area (Å²) in [6.07, 6.45) is 1.79. The quantitative estimate of drug-likeness (QED) is 0.155. The molecule has 0 bridgehead atoms. The number of benzene rings is 7. The van der Waals surface area contributed by atoms with Gasteiger partial charge in [0.1, 0.15) is 16.7 Å². The van der Waals surface area contributed by atoms with Crippen LogP contribution in [0.1, 0.15) is 75.6 Å². The van der Waals surface area contributed by atoms with E-state index >= 15 is 0 Å². The smallest absolute Gasteiger partial charge is 0.136 e. The van der Waals surface area contributed by atoms with Crippen LogP contribution in [0.3, 0.4) is 0 Å². The number of imidazole rings is 1. The number of para-hydroxylation sites is 1. The number of hydrogen-bond acceptors (Lipinski definition) is 5. The molecular weight excluding hydrogens is 965 g/mol. The SMILES string of the molecule is [2H]C([2H])([2H])c1c[c-]c(-c2nc3cccc(C([2H])([2H])[2H])c3n2-c2c(C(C)C)cc(-c3ccccc3)cc2C(C)C)c2oc3cc4c(cc3c12)oc1cc(C#N)ccc14.[Ir].[c-]1ccccc1-c1ccccn1. The Kier molecular flexibility index (Phi) is 9.52. The van der Waals surface area contributed by atoms with Gasteiger partial charge in [-0.25, -0.2) is 0 Å². The van der Waals surface area contributed by atoms with Crippen molar-refractivity contribution < 1.29 is 37.2 Å². The molecule has 7 aromatic carbocycles. The number of nitrogens with zero attached hydrogens (tertiary/aromatic N) is 4. The molecule has 1 radical (unpaired) electrons. The summed E-state index contributed by atoms with van der Waals surface area (Å²) in [5.41, 5.74) is 10.6. The van der Waals surface area contributed by atoms with E-state index < -0.39 is 13.7 Å². The van der Waals surface area contributed by atoms with Gasteiger partial charge in [-0.2, -0.15) is 5.26 Å². The van der Waals surface area contributed by atoms with Gasteiger partial charge in [-0.05, 0) is 107 Å². The fraction of sp³-hybridized carbons (Fsp3) is 0.140. The van der Waals surface area contributed by atoms with Crippen molar-refractivity contribution in [1.29, 1.82) is 5.26 Å². The first-order valence-corrected chi connectivity index (χ1v) is 20.9. The second-order valence-electron chi connectivity index (χ2n) is 16.3. The molecule has 0 aliphatic heterocycles. The standard InChI is InChI=1S/C46H36N3O2.C11H8N.Ir/c1-25(2)34-20-31(30-12-8-7-9-13-30)21-35(26(3)4)44(34)49-43-28(6)11-10-14-38(43)48-46(49)33-17-15-27(5)42-37-23-40-36(22-41(37)51-45(33)42)32-18-16-29(24-47)19-39(32)50-40;1-2-6-10(7-3-1)11-8-4-5-9-12-11;/h7-16,18-23,25-26H,1-6H3;1-6,8-9H;/q2*-1;/i5D3,6D3;;. The van der Waals surface area contributed by atoms with Crippen LogP contribution in [-0.2, 0) is 20.1 Å². The maximum absolute atomic E-state index is 9.48. The molecule has 4 aromatic heterocycles. The Morgan fingerprint density at radius 3 is 2.12 bits per heavy atom. The molecule has 0 amide bonds. The minimum absolute atomic E-state index is 0. The second kappa shape index (κ2) is 17.2. The molecule has 0 aliphatic rings. The maximum atomic E-state index is 9.48. The van der Waals surface area contributed by atoms with E-state index in [1.165, 1.54) is 6.07 Å². The summed E-state index contributed by atoms with van der Waals surface area (Å²) in [6.45, 7) is 3.47. The Morgan fingerprint density at radius 2 is 1.42 bits per heavy atom. The fourth-order valence-electron chi connectivity index (χ4n) is 8.53. The summed E-state index contributed by atoms with van der Waals surface area (Å²) in [4.78, 5) is 9.38. The minimum atomic E-state index is -2.54. The zero-order chi connectivity index (χ0) is 48.4. The number of hydrogen-bond donors (Lipinski definition) is 0. The zero-order valence-electron chi connectivity index (χ0n) is 41.4. The van der Waals surface area contributed by atoms with Crippen LogP contribution >= 0.6 is 0 Å². The predicted molar refractivity (Wildman–Crippen MR) is 256 cm³/mol. The summed E-state index contributed by atoms with van der Waals surface area (Å²) < 4.78 is 66.6. The Balaban J connectivity index is 0.000000407. The van der Waals surface area contributed by atoms with Gasteiger partial charge in [-0.15, -0.1) is 53.6 Å². The number of aryl methyl sites for hydroxylation is 2. The van der Waals surface area contributed by atoms with E-state index in [4.69, 9.17) is 22.0 Å². The average molecular weight is 1020 g/mol. The third-order valence-corrected chi connectivity index (χ3v) is 11.6. The molecular formula is C57H44IrN4O2-2. The van der Waals surface area contributed by atoms with Crippen molar-refractivity contribution >= 4 is 54.9 Å². The van der Waals surface area contributed by atoms with Crippen molar-refractivity contribution in [3.8, 4) is 45.5 Å². The summed E-state index contributed by atoms with van der Waals surface area (Å²) in [5.74, 6) is 0.389. The molecule has 0 N–H and O–H groups in total. The molecule has 0 fully saturated rings. The van der Waals surface area contributed by atoms with Crippen molar-refractivity contribution in [3.63, 3.8) is 0 Å². The van der Waals surface area contributed by atoms with Crippen molar-refractivity contribution in [1.82, 2.24) is 14.5 Å². The molecule has 0 saturated heterocycles. The van der Waals surface area contributed by atoms with Crippen molar-refractivity contribution in [2.24, 2.45) is 0 Å². The molecule has 0 aliphatic carbocycles. The van der Waals surface area contributed by atoms with Gasteiger partial charge >= 0.3 is 0 Å². The monoisotopic (exact) mass is 1020 g/mol. The van der Waals surface area contributed by atoms with Gasteiger partial charge in [0.2, 0.25) is 0 Å². The first kappa shape index (κ1) is 35.4. The topological polar surface area (TPSA) is 80.8 Å². The van der Waals surface area contributed by atoms with Crippen LogP contribution in [0.15, 0.2) is 155 Å². The van der Waals surface area contributed by atoms with Gasteiger partial charge in [-0.1, -0.05) is 100 Å². The molecule has 0 unspecified atom stereocenters. The van der Waals surface area contributed by atoms with E-state index in [1.54, 1.807) is 42.6 Å². The van der Waals surface area contributed by atoms with Crippen LogP contribution in [0, 0.1) is 37.2 Å². The predicted octanol–water partition coefficient (Wildman–Crippen LogP) is 15.2. The number of nitriles is 1. The number of rotatable bonds is 6. The van der Waals surface area contributed by atoms with E-state index in [0.29, 0.717) is 55.5 Å². The van der Waals surface area contributed by atoms with Crippen LogP contribution in [0.25, 0.3) is 94.4 Å². The molecule has 7 heteroatoms. The van der Waals surface area contributed by atoms with Gasteiger partial charge in [-0.3, -0.25) is 4.98 Å². The van der Waals surface area contributed by atoms with E-state index in [0.717, 1.165) is 50.0 Å². The molecule has 6 nitrogen and oxygen atoms in total. The van der Waals surface area contributed by atoms with Crippen molar-refractivity contribution in [2.75, 3.05) is 0 Å². The summed E-state index contributed by atoms with van der Waals surface area (Å²) in [5, 5.41) is 11.9. The van der Waals surface area contributed by atoms with Gasteiger partial charge < -0.3 is 18.4 Å². The van der Waals surface area contributed by atoms with Crippen LogP contribution in [0.2, 0.25) is 0 Å². The Bertz CT molecular complexity index is 3710. The van der Waals surface area contributed by atoms with Crippen LogP contribution < -0.4 is 0 Å². The van der Waals surface area contributed by atoms with Crippen molar-refractivity contribution in [2.45, 2.75) is 53.2 Å². The zero-order valence-corrected chi connectivity index (χ0v) is 37.8. The maximum Gasteiger partial charge on any atom is 0.136 e. The first-order chi connectivity index (χ1) is 33.1. The Labute approximate surface area is 394 Å². The number of pyridine rings is 1. The van der Waals surface area contributed by atoms with Gasteiger partial charge in [0.05, 0.1) is 34.1 Å². The Morgan fingerprint density at radius 1 is 0.688 bits per heavy atom. The minimum Gasteiger partial charge on any atom is -0.501 e. The van der Waals surface area contributed by atoms with Crippen LogP contribution in [0.5, 0.6) is 0 Å². The van der Waals surface area contributed by atoms with E-state index in [-0.39, 0.29) is 48.7 Å². The molecule has 4 heterocycles.